The van der Waals surface area contributed by atoms with Crippen LogP contribution in [0.15, 0.2) is 0 Å². The molecule has 3 heteroatoms. The molecule has 1 saturated carbocycles. The third-order valence-electron chi connectivity index (χ3n) is 3.68. The lowest BCUT2D eigenvalue weighted by molar-refractivity contribution is 0.142. The van der Waals surface area contributed by atoms with E-state index in [2.05, 4.69) is 38.0 Å². The SMILES string of the molecule is CCCN(C)C1CCC(CO)(NC(C)C)C1. The van der Waals surface area contributed by atoms with Gasteiger partial charge in [0.15, 0.2) is 0 Å². The molecule has 2 N–H and O–H groups in total. The first-order valence-electron chi connectivity index (χ1n) is 6.62. The van der Waals surface area contributed by atoms with Gasteiger partial charge in [0.25, 0.3) is 0 Å². The van der Waals surface area contributed by atoms with Crippen LogP contribution in [0, 0.1) is 0 Å². The molecule has 1 aliphatic rings. The van der Waals surface area contributed by atoms with E-state index in [0.29, 0.717) is 12.1 Å². The van der Waals surface area contributed by atoms with Gasteiger partial charge in [-0.15, -0.1) is 0 Å². The molecule has 0 aliphatic heterocycles. The second-order valence-corrected chi connectivity index (χ2v) is 5.61. The molecule has 0 amide bonds. The van der Waals surface area contributed by atoms with Crippen molar-refractivity contribution in [2.45, 2.75) is 64.1 Å². The summed E-state index contributed by atoms with van der Waals surface area (Å²) < 4.78 is 0. The van der Waals surface area contributed by atoms with Crippen LogP contribution < -0.4 is 5.32 Å². The fourth-order valence-corrected chi connectivity index (χ4v) is 2.94. The van der Waals surface area contributed by atoms with Crippen molar-refractivity contribution in [3.63, 3.8) is 0 Å². The molecular weight excluding hydrogens is 200 g/mol. The average Bonchev–Trinajstić information content (AvgIpc) is 2.62. The van der Waals surface area contributed by atoms with Crippen LogP contribution in [-0.4, -0.2) is 47.8 Å². The van der Waals surface area contributed by atoms with E-state index < -0.39 is 0 Å². The van der Waals surface area contributed by atoms with Gasteiger partial charge < -0.3 is 15.3 Å². The number of nitrogens with one attached hydrogen (secondary N) is 1. The molecule has 0 bridgehead atoms. The van der Waals surface area contributed by atoms with Gasteiger partial charge >= 0.3 is 0 Å². The zero-order valence-corrected chi connectivity index (χ0v) is 11.3. The molecule has 1 rings (SSSR count). The predicted octanol–water partition coefficient (Wildman–Crippen LogP) is 1.61. The summed E-state index contributed by atoms with van der Waals surface area (Å²) in [5.41, 5.74) is -0.0269. The Bertz CT molecular complexity index is 208. The number of hydrogen-bond donors (Lipinski definition) is 2. The molecule has 0 spiro atoms. The van der Waals surface area contributed by atoms with Crippen molar-refractivity contribution in [2.24, 2.45) is 0 Å². The number of nitrogens with zero attached hydrogens (tertiary/aromatic N) is 1. The van der Waals surface area contributed by atoms with Gasteiger partial charge in [0.1, 0.15) is 0 Å². The molecular formula is C13H28N2O. The van der Waals surface area contributed by atoms with Gasteiger partial charge in [-0.2, -0.15) is 0 Å². The standard InChI is InChI=1S/C13H28N2O/c1-5-8-15(4)12-6-7-13(9-12,10-16)14-11(2)3/h11-12,14,16H,5-10H2,1-4H3. The quantitative estimate of drug-likeness (QED) is 0.725. The van der Waals surface area contributed by atoms with Gasteiger partial charge in [-0.25, -0.2) is 0 Å². The van der Waals surface area contributed by atoms with Crippen LogP contribution in [0.3, 0.4) is 0 Å². The van der Waals surface area contributed by atoms with E-state index in [1.807, 2.05) is 0 Å². The average molecular weight is 228 g/mol. The smallest absolute Gasteiger partial charge is 0.0614 e. The number of aliphatic hydroxyl groups is 1. The third kappa shape index (κ3) is 3.44. The first-order chi connectivity index (χ1) is 7.53. The number of aliphatic hydroxyl groups excluding tert-OH is 1. The van der Waals surface area contributed by atoms with E-state index in [-0.39, 0.29) is 12.1 Å². The number of rotatable bonds is 6. The fraction of sp³-hybridized carbons (Fsp3) is 1.00. The highest BCUT2D eigenvalue weighted by Gasteiger charge is 2.39. The van der Waals surface area contributed by atoms with Crippen molar-refractivity contribution >= 4 is 0 Å². The third-order valence-corrected chi connectivity index (χ3v) is 3.68. The minimum atomic E-state index is -0.0269. The van der Waals surface area contributed by atoms with Crippen molar-refractivity contribution in [1.29, 1.82) is 0 Å². The van der Waals surface area contributed by atoms with Gasteiger partial charge in [-0.05, 0) is 39.3 Å². The van der Waals surface area contributed by atoms with Crippen LogP contribution in [-0.2, 0) is 0 Å². The van der Waals surface area contributed by atoms with Crippen LogP contribution in [0.4, 0.5) is 0 Å². The molecule has 2 atom stereocenters. The lowest BCUT2D eigenvalue weighted by Gasteiger charge is -2.32. The predicted molar refractivity (Wildman–Crippen MR) is 68.6 cm³/mol. The highest BCUT2D eigenvalue weighted by molar-refractivity contribution is 4.99. The molecule has 0 radical (unpaired) electrons. The molecule has 96 valence electrons. The van der Waals surface area contributed by atoms with E-state index in [1.165, 1.54) is 12.8 Å². The summed E-state index contributed by atoms with van der Waals surface area (Å²) in [5, 5.41) is 13.2. The van der Waals surface area contributed by atoms with Crippen LogP contribution in [0.5, 0.6) is 0 Å². The van der Waals surface area contributed by atoms with Crippen LogP contribution in [0.25, 0.3) is 0 Å². The Hall–Kier alpha value is -0.120. The molecule has 3 nitrogen and oxygen atoms in total. The monoisotopic (exact) mass is 228 g/mol. The largest absolute Gasteiger partial charge is 0.394 e. The summed E-state index contributed by atoms with van der Waals surface area (Å²) >= 11 is 0. The molecule has 0 heterocycles. The van der Waals surface area contributed by atoms with Crippen molar-refractivity contribution in [3.05, 3.63) is 0 Å². The summed E-state index contributed by atoms with van der Waals surface area (Å²) in [6.07, 6.45) is 4.59. The summed E-state index contributed by atoms with van der Waals surface area (Å²) in [4.78, 5) is 2.44. The highest BCUT2D eigenvalue weighted by atomic mass is 16.3. The van der Waals surface area contributed by atoms with Crippen molar-refractivity contribution in [2.75, 3.05) is 20.2 Å². The van der Waals surface area contributed by atoms with Crippen molar-refractivity contribution in [3.8, 4) is 0 Å². The normalized spacial score (nSPS) is 30.6. The molecule has 1 aliphatic carbocycles. The minimum absolute atomic E-state index is 0.0269. The summed E-state index contributed by atoms with van der Waals surface area (Å²) in [7, 11) is 2.21. The maximum absolute atomic E-state index is 9.61. The Labute approximate surface area is 100 Å². The fourth-order valence-electron chi connectivity index (χ4n) is 2.94. The van der Waals surface area contributed by atoms with E-state index >= 15 is 0 Å². The van der Waals surface area contributed by atoms with Gasteiger partial charge in [-0.3, -0.25) is 0 Å². The van der Waals surface area contributed by atoms with E-state index in [0.717, 1.165) is 19.4 Å². The van der Waals surface area contributed by atoms with Crippen LogP contribution in [0.1, 0.15) is 46.5 Å². The first-order valence-corrected chi connectivity index (χ1v) is 6.62. The molecule has 0 aromatic carbocycles. The Balaban J connectivity index is 2.53. The number of hydrogen-bond acceptors (Lipinski definition) is 3. The highest BCUT2D eigenvalue weighted by Crippen LogP contribution is 2.32. The zero-order chi connectivity index (χ0) is 12.2. The lowest BCUT2D eigenvalue weighted by atomic mass is 9.97. The molecule has 0 aromatic rings. The Morgan fingerprint density at radius 2 is 2.19 bits per heavy atom. The van der Waals surface area contributed by atoms with E-state index in [1.54, 1.807) is 0 Å². The molecule has 0 saturated heterocycles. The molecule has 0 aromatic heterocycles. The molecule has 2 unspecified atom stereocenters. The molecule has 16 heavy (non-hydrogen) atoms. The second-order valence-electron chi connectivity index (χ2n) is 5.61. The van der Waals surface area contributed by atoms with Gasteiger partial charge in [0, 0.05) is 17.6 Å². The second kappa shape index (κ2) is 5.99. The maximum atomic E-state index is 9.61. The summed E-state index contributed by atoms with van der Waals surface area (Å²) in [6, 6.07) is 1.08. The topological polar surface area (TPSA) is 35.5 Å². The van der Waals surface area contributed by atoms with E-state index in [9.17, 15) is 5.11 Å². The Morgan fingerprint density at radius 1 is 1.50 bits per heavy atom. The van der Waals surface area contributed by atoms with Crippen molar-refractivity contribution < 1.29 is 5.11 Å². The van der Waals surface area contributed by atoms with Gasteiger partial charge in [0.2, 0.25) is 0 Å². The maximum Gasteiger partial charge on any atom is 0.0614 e. The molecule has 1 fully saturated rings. The zero-order valence-electron chi connectivity index (χ0n) is 11.3. The lowest BCUT2D eigenvalue weighted by Crippen LogP contribution is -2.50. The summed E-state index contributed by atoms with van der Waals surface area (Å²) in [5.74, 6) is 0. The van der Waals surface area contributed by atoms with Crippen molar-refractivity contribution in [1.82, 2.24) is 10.2 Å². The van der Waals surface area contributed by atoms with Gasteiger partial charge in [0.05, 0.1) is 6.61 Å². The summed E-state index contributed by atoms with van der Waals surface area (Å²) in [6.45, 7) is 7.95. The Kier molecular flexibility index (Phi) is 5.22. The Morgan fingerprint density at radius 3 is 2.69 bits per heavy atom. The van der Waals surface area contributed by atoms with E-state index in [4.69, 9.17) is 0 Å². The first kappa shape index (κ1) is 13.9. The van der Waals surface area contributed by atoms with Crippen LogP contribution in [0.2, 0.25) is 0 Å². The van der Waals surface area contributed by atoms with Crippen LogP contribution >= 0.6 is 0 Å². The minimum Gasteiger partial charge on any atom is -0.394 e. The van der Waals surface area contributed by atoms with Gasteiger partial charge in [-0.1, -0.05) is 20.8 Å².